The fourth-order valence-corrected chi connectivity index (χ4v) is 3.74. The van der Waals surface area contributed by atoms with E-state index >= 15 is 0 Å². The van der Waals surface area contributed by atoms with Gasteiger partial charge in [-0.3, -0.25) is 9.69 Å². The standard InChI is InChI=1S/C25H26F3N5O6/c1-36-19-5-2-4-18(20(19)38-23(35)25(26,27)28)21(34)30-17-8-6-16(7-9-17)22-31-32-24(39-22)29-10-3-11-33-12-14-37-15-13-33/h2,4-9H,3,10-15H2,1H3,(H,29,32)(H,30,34). The Morgan fingerprint density at radius 1 is 1.08 bits per heavy atom. The minimum atomic E-state index is -5.25. The second-order valence-electron chi connectivity index (χ2n) is 8.40. The molecule has 2 heterocycles. The van der Waals surface area contributed by atoms with E-state index in [0.29, 0.717) is 17.8 Å². The van der Waals surface area contributed by atoms with Crippen LogP contribution in [0.15, 0.2) is 46.9 Å². The summed E-state index contributed by atoms with van der Waals surface area (Å²) in [5.74, 6) is -3.88. The number of para-hydroxylation sites is 1. The van der Waals surface area contributed by atoms with E-state index in [9.17, 15) is 22.8 Å². The van der Waals surface area contributed by atoms with Gasteiger partial charge >= 0.3 is 18.2 Å². The monoisotopic (exact) mass is 549 g/mol. The Labute approximate surface area is 221 Å². The third-order valence-electron chi connectivity index (χ3n) is 5.72. The third-order valence-corrected chi connectivity index (χ3v) is 5.72. The van der Waals surface area contributed by atoms with Gasteiger partial charge in [0, 0.05) is 30.9 Å². The Hall–Kier alpha value is -4.17. The lowest BCUT2D eigenvalue weighted by molar-refractivity contribution is -0.189. The van der Waals surface area contributed by atoms with Crippen LogP contribution in [-0.2, 0) is 9.53 Å². The van der Waals surface area contributed by atoms with Crippen molar-refractivity contribution in [3.8, 4) is 23.0 Å². The van der Waals surface area contributed by atoms with Crippen LogP contribution in [0, 0.1) is 0 Å². The van der Waals surface area contributed by atoms with Crippen molar-refractivity contribution >= 4 is 23.6 Å². The highest BCUT2D eigenvalue weighted by atomic mass is 19.4. The van der Waals surface area contributed by atoms with Gasteiger partial charge in [0.25, 0.3) is 5.91 Å². The van der Waals surface area contributed by atoms with Crippen LogP contribution in [0.4, 0.5) is 24.9 Å². The Balaban J connectivity index is 1.35. The van der Waals surface area contributed by atoms with E-state index in [4.69, 9.17) is 13.9 Å². The van der Waals surface area contributed by atoms with Gasteiger partial charge < -0.3 is 29.3 Å². The smallest absolute Gasteiger partial charge is 0.491 e. The van der Waals surface area contributed by atoms with E-state index in [1.165, 1.54) is 25.3 Å². The Morgan fingerprint density at radius 3 is 2.51 bits per heavy atom. The normalized spacial score (nSPS) is 14.1. The number of alkyl halides is 3. The zero-order chi connectivity index (χ0) is 27.8. The van der Waals surface area contributed by atoms with Gasteiger partial charge in [0.1, 0.15) is 0 Å². The molecule has 2 N–H and O–H groups in total. The zero-order valence-corrected chi connectivity index (χ0v) is 20.9. The third kappa shape index (κ3) is 7.45. The zero-order valence-electron chi connectivity index (χ0n) is 20.9. The van der Waals surface area contributed by atoms with Crippen LogP contribution in [0.5, 0.6) is 11.5 Å². The summed E-state index contributed by atoms with van der Waals surface area (Å²) >= 11 is 0. The summed E-state index contributed by atoms with van der Waals surface area (Å²) in [5.41, 5.74) is 0.584. The van der Waals surface area contributed by atoms with Crippen LogP contribution in [0.1, 0.15) is 16.8 Å². The average Bonchev–Trinajstić information content (AvgIpc) is 3.40. The van der Waals surface area contributed by atoms with E-state index in [0.717, 1.165) is 39.3 Å². The second kappa shape index (κ2) is 12.6. The summed E-state index contributed by atoms with van der Waals surface area (Å²) in [6, 6.07) is 10.5. The number of amides is 1. The van der Waals surface area contributed by atoms with E-state index in [1.807, 2.05) is 0 Å². The molecule has 11 nitrogen and oxygen atoms in total. The van der Waals surface area contributed by atoms with Gasteiger partial charge in [0.2, 0.25) is 5.89 Å². The van der Waals surface area contributed by atoms with Crippen LogP contribution in [0.25, 0.3) is 11.5 Å². The molecular formula is C25H26F3N5O6. The first-order valence-corrected chi connectivity index (χ1v) is 12.0. The van der Waals surface area contributed by atoms with E-state index < -0.39 is 23.8 Å². The van der Waals surface area contributed by atoms with Gasteiger partial charge in [-0.05, 0) is 49.4 Å². The summed E-state index contributed by atoms with van der Waals surface area (Å²) < 4.78 is 58.6. The van der Waals surface area contributed by atoms with Crippen LogP contribution < -0.4 is 20.1 Å². The van der Waals surface area contributed by atoms with Crippen molar-refractivity contribution < 1.29 is 41.4 Å². The molecule has 0 spiro atoms. The predicted octanol–water partition coefficient (Wildman–Crippen LogP) is 3.60. The molecule has 0 saturated carbocycles. The lowest BCUT2D eigenvalue weighted by atomic mass is 10.1. The topological polar surface area (TPSA) is 128 Å². The summed E-state index contributed by atoms with van der Waals surface area (Å²) in [4.78, 5) is 26.5. The number of aromatic nitrogens is 2. The SMILES string of the molecule is COc1cccc(C(=O)Nc2ccc(-c3nnc(NCCCN4CCOCC4)o3)cc2)c1OC(=O)C(F)(F)F. The molecule has 1 aliphatic rings. The van der Waals surface area contributed by atoms with Crippen LogP contribution in [-0.4, -0.2) is 79.7 Å². The van der Waals surface area contributed by atoms with Crippen molar-refractivity contribution in [1.82, 2.24) is 15.1 Å². The number of hydrogen-bond acceptors (Lipinski definition) is 10. The fraction of sp³-hybridized carbons (Fsp3) is 0.360. The van der Waals surface area contributed by atoms with E-state index in [2.05, 4.69) is 30.5 Å². The predicted molar refractivity (Wildman–Crippen MR) is 133 cm³/mol. The summed E-state index contributed by atoms with van der Waals surface area (Å²) in [6.45, 7) is 4.95. The van der Waals surface area contributed by atoms with Crippen LogP contribution in [0.2, 0.25) is 0 Å². The van der Waals surface area contributed by atoms with Crippen molar-refractivity contribution in [2.45, 2.75) is 12.6 Å². The molecule has 0 bridgehead atoms. The summed E-state index contributed by atoms with van der Waals surface area (Å²) in [5, 5.41) is 13.7. The minimum absolute atomic E-state index is 0.211. The molecule has 0 unspecified atom stereocenters. The number of anilines is 2. The molecule has 1 aliphatic heterocycles. The second-order valence-corrected chi connectivity index (χ2v) is 8.40. The number of morpholine rings is 1. The lowest BCUT2D eigenvalue weighted by Crippen LogP contribution is -2.37. The first-order chi connectivity index (χ1) is 18.7. The molecule has 2 aromatic carbocycles. The maximum atomic E-state index is 12.8. The van der Waals surface area contributed by atoms with Gasteiger partial charge in [-0.1, -0.05) is 11.2 Å². The van der Waals surface area contributed by atoms with Crippen molar-refractivity contribution in [1.29, 1.82) is 0 Å². The molecule has 4 rings (SSSR count). The molecule has 0 atom stereocenters. The Kier molecular flexibility index (Phi) is 8.99. The number of ether oxygens (including phenoxy) is 3. The lowest BCUT2D eigenvalue weighted by Gasteiger charge is -2.26. The number of nitrogens with zero attached hydrogens (tertiary/aromatic N) is 3. The number of methoxy groups -OCH3 is 1. The quantitative estimate of drug-likeness (QED) is 0.220. The molecule has 14 heteroatoms. The molecule has 3 aromatic rings. The molecule has 0 aliphatic carbocycles. The largest absolute Gasteiger partial charge is 0.493 e. The van der Waals surface area contributed by atoms with Gasteiger partial charge in [0.05, 0.1) is 25.9 Å². The molecule has 1 aromatic heterocycles. The summed E-state index contributed by atoms with van der Waals surface area (Å²) in [6.07, 6.45) is -4.35. The number of esters is 1. The van der Waals surface area contributed by atoms with Gasteiger partial charge in [-0.2, -0.15) is 13.2 Å². The average molecular weight is 550 g/mol. The molecule has 1 amide bonds. The van der Waals surface area contributed by atoms with E-state index in [1.54, 1.807) is 24.3 Å². The number of halogens is 3. The highest BCUT2D eigenvalue weighted by molar-refractivity contribution is 6.07. The van der Waals surface area contributed by atoms with Crippen molar-refractivity contribution in [2.24, 2.45) is 0 Å². The van der Waals surface area contributed by atoms with E-state index in [-0.39, 0.29) is 23.2 Å². The summed E-state index contributed by atoms with van der Waals surface area (Å²) in [7, 11) is 1.17. The number of nitrogens with one attached hydrogen (secondary N) is 2. The number of benzene rings is 2. The fourth-order valence-electron chi connectivity index (χ4n) is 3.74. The number of hydrogen-bond donors (Lipinski definition) is 2. The molecule has 1 saturated heterocycles. The van der Waals surface area contributed by atoms with Gasteiger partial charge in [0.15, 0.2) is 11.5 Å². The first-order valence-electron chi connectivity index (χ1n) is 12.0. The maximum Gasteiger partial charge on any atom is 0.491 e. The Morgan fingerprint density at radius 2 is 1.82 bits per heavy atom. The maximum absolute atomic E-state index is 12.8. The number of carbonyl (C=O) groups excluding carboxylic acids is 2. The molecule has 1 fully saturated rings. The van der Waals surface area contributed by atoms with Crippen LogP contribution in [0.3, 0.4) is 0 Å². The molecular weight excluding hydrogens is 523 g/mol. The van der Waals surface area contributed by atoms with Gasteiger partial charge in [-0.25, -0.2) is 4.79 Å². The van der Waals surface area contributed by atoms with Crippen LogP contribution >= 0.6 is 0 Å². The van der Waals surface area contributed by atoms with Crippen molar-refractivity contribution in [3.05, 3.63) is 48.0 Å². The number of carbonyl (C=O) groups is 2. The minimum Gasteiger partial charge on any atom is -0.493 e. The van der Waals surface area contributed by atoms with Crippen molar-refractivity contribution in [2.75, 3.05) is 57.1 Å². The first kappa shape index (κ1) is 27.9. The highest BCUT2D eigenvalue weighted by Crippen LogP contribution is 2.33. The Bertz CT molecular complexity index is 1280. The molecule has 39 heavy (non-hydrogen) atoms. The number of rotatable bonds is 10. The molecule has 208 valence electrons. The van der Waals surface area contributed by atoms with Crippen molar-refractivity contribution in [3.63, 3.8) is 0 Å². The highest BCUT2D eigenvalue weighted by Gasteiger charge is 2.42. The molecule has 0 radical (unpaired) electrons. The van der Waals surface area contributed by atoms with Gasteiger partial charge in [-0.15, -0.1) is 5.10 Å².